The Bertz CT molecular complexity index is 813. The van der Waals surface area contributed by atoms with Crippen LogP contribution in [0.1, 0.15) is 34.2 Å². The molecule has 1 saturated heterocycles. The van der Waals surface area contributed by atoms with Gasteiger partial charge in [-0.05, 0) is 44.5 Å². The Morgan fingerprint density at radius 3 is 2.50 bits per heavy atom. The van der Waals surface area contributed by atoms with E-state index in [1.165, 1.54) is 0 Å². The second-order valence-electron chi connectivity index (χ2n) is 6.77. The summed E-state index contributed by atoms with van der Waals surface area (Å²) in [5.41, 5.74) is 3.65. The van der Waals surface area contributed by atoms with E-state index in [0.29, 0.717) is 18.7 Å². The van der Waals surface area contributed by atoms with E-state index in [-0.39, 0.29) is 18.6 Å². The number of ether oxygens (including phenoxy) is 1. The van der Waals surface area contributed by atoms with Gasteiger partial charge < -0.3 is 14.7 Å². The Balaban J connectivity index is 1.70. The summed E-state index contributed by atoms with van der Waals surface area (Å²) in [6, 6.07) is 9.39. The molecule has 0 radical (unpaired) electrons. The molecule has 1 aliphatic rings. The van der Waals surface area contributed by atoms with Crippen molar-refractivity contribution in [1.82, 2.24) is 14.7 Å². The lowest BCUT2D eigenvalue weighted by molar-refractivity contribution is -0.160. The summed E-state index contributed by atoms with van der Waals surface area (Å²) in [4.78, 5) is 25.4. The average molecular weight is 357 g/mol. The fraction of sp³-hybridized carbons (Fsp3) is 0.421. The standard InChI is InChI=1S/C19H23N3O4/c1-12-8-13(2)22(20-12)10-15-4-6-16(7-5-15)18(23)21-9-14(3)26-17(11-21)19(24)25/h4-8,14,17H,9-11H2,1-3H3,(H,24,25)/t14-,17?/m1/s1. The van der Waals surface area contributed by atoms with E-state index in [9.17, 15) is 9.59 Å². The maximum absolute atomic E-state index is 12.7. The predicted molar refractivity (Wildman–Crippen MR) is 95.1 cm³/mol. The number of amides is 1. The van der Waals surface area contributed by atoms with Gasteiger partial charge in [0.05, 0.1) is 24.9 Å². The number of carbonyl (C=O) groups is 2. The molecule has 1 unspecified atom stereocenters. The summed E-state index contributed by atoms with van der Waals surface area (Å²) in [6.45, 7) is 6.83. The van der Waals surface area contributed by atoms with Crippen LogP contribution in [0.4, 0.5) is 0 Å². The van der Waals surface area contributed by atoms with Crippen LogP contribution >= 0.6 is 0 Å². The highest BCUT2D eigenvalue weighted by atomic mass is 16.5. The van der Waals surface area contributed by atoms with Gasteiger partial charge in [0.15, 0.2) is 6.10 Å². The minimum atomic E-state index is -1.05. The van der Waals surface area contributed by atoms with Crippen molar-refractivity contribution in [3.63, 3.8) is 0 Å². The molecule has 0 spiro atoms. The van der Waals surface area contributed by atoms with Gasteiger partial charge in [0, 0.05) is 17.8 Å². The van der Waals surface area contributed by atoms with Crippen LogP contribution in [0.5, 0.6) is 0 Å². The zero-order chi connectivity index (χ0) is 18.8. The average Bonchev–Trinajstić information content (AvgIpc) is 2.91. The van der Waals surface area contributed by atoms with Gasteiger partial charge in [0.2, 0.25) is 0 Å². The molecule has 0 saturated carbocycles. The number of aromatic nitrogens is 2. The molecule has 1 aromatic heterocycles. The first-order valence-electron chi connectivity index (χ1n) is 8.61. The molecule has 1 fully saturated rings. The molecule has 3 rings (SSSR count). The number of aryl methyl sites for hydroxylation is 2. The van der Waals surface area contributed by atoms with Gasteiger partial charge in [-0.1, -0.05) is 12.1 Å². The fourth-order valence-electron chi connectivity index (χ4n) is 3.20. The van der Waals surface area contributed by atoms with Gasteiger partial charge in [-0.15, -0.1) is 0 Å². The quantitative estimate of drug-likeness (QED) is 0.903. The Labute approximate surface area is 152 Å². The predicted octanol–water partition coefficient (Wildman–Crippen LogP) is 1.86. The third-order valence-corrected chi connectivity index (χ3v) is 4.46. The monoisotopic (exact) mass is 357 g/mol. The minimum absolute atomic E-state index is 0.0615. The second kappa shape index (κ2) is 7.29. The minimum Gasteiger partial charge on any atom is -0.479 e. The number of hydrogen-bond acceptors (Lipinski definition) is 4. The van der Waals surface area contributed by atoms with Gasteiger partial charge in [-0.2, -0.15) is 5.10 Å². The van der Waals surface area contributed by atoms with Crippen LogP contribution in [0.3, 0.4) is 0 Å². The van der Waals surface area contributed by atoms with Crippen LogP contribution < -0.4 is 0 Å². The van der Waals surface area contributed by atoms with E-state index in [1.807, 2.05) is 36.7 Å². The summed E-state index contributed by atoms with van der Waals surface area (Å²) in [5, 5.41) is 13.6. The van der Waals surface area contributed by atoms with Crippen molar-refractivity contribution in [2.45, 2.75) is 39.5 Å². The van der Waals surface area contributed by atoms with E-state index in [0.717, 1.165) is 17.0 Å². The van der Waals surface area contributed by atoms with Crippen molar-refractivity contribution in [1.29, 1.82) is 0 Å². The van der Waals surface area contributed by atoms with E-state index in [4.69, 9.17) is 9.84 Å². The van der Waals surface area contributed by atoms with Crippen LogP contribution in [-0.4, -0.2) is 57.0 Å². The zero-order valence-corrected chi connectivity index (χ0v) is 15.2. The smallest absolute Gasteiger partial charge is 0.334 e. The molecule has 2 aromatic rings. The first-order valence-corrected chi connectivity index (χ1v) is 8.61. The topological polar surface area (TPSA) is 84.7 Å². The largest absolute Gasteiger partial charge is 0.479 e. The van der Waals surface area contributed by atoms with Crippen molar-refractivity contribution in [3.05, 3.63) is 52.8 Å². The first-order chi connectivity index (χ1) is 12.3. The summed E-state index contributed by atoms with van der Waals surface area (Å²) in [6.07, 6.45) is -1.29. The number of morpholine rings is 1. The maximum Gasteiger partial charge on any atom is 0.334 e. The third kappa shape index (κ3) is 3.94. The molecular weight excluding hydrogens is 334 g/mol. The Hall–Kier alpha value is -2.67. The van der Waals surface area contributed by atoms with Crippen molar-refractivity contribution < 1.29 is 19.4 Å². The fourth-order valence-corrected chi connectivity index (χ4v) is 3.20. The normalized spacial score (nSPS) is 20.2. The lowest BCUT2D eigenvalue weighted by Crippen LogP contribution is -2.51. The van der Waals surface area contributed by atoms with Crippen LogP contribution in [0.2, 0.25) is 0 Å². The van der Waals surface area contributed by atoms with Crippen molar-refractivity contribution in [3.8, 4) is 0 Å². The number of hydrogen-bond donors (Lipinski definition) is 1. The Morgan fingerprint density at radius 1 is 1.23 bits per heavy atom. The molecule has 0 bridgehead atoms. The molecule has 2 heterocycles. The van der Waals surface area contributed by atoms with Gasteiger partial charge in [0.1, 0.15) is 0 Å². The SMILES string of the molecule is Cc1cc(C)n(Cc2ccc(C(=O)N3CC(C(=O)O)O[C@H](C)C3)cc2)n1. The number of benzene rings is 1. The molecule has 7 heteroatoms. The summed E-state index contributed by atoms with van der Waals surface area (Å²) >= 11 is 0. The van der Waals surface area contributed by atoms with Gasteiger partial charge in [-0.25, -0.2) is 4.79 Å². The molecule has 1 aromatic carbocycles. The maximum atomic E-state index is 12.7. The van der Waals surface area contributed by atoms with Gasteiger partial charge in [-0.3, -0.25) is 9.48 Å². The van der Waals surface area contributed by atoms with E-state index in [2.05, 4.69) is 5.10 Å². The molecule has 138 valence electrons. The number of carbonyl (C=O) groups excluding carboxylic acids is 1. The molecule has 1 amide bonds. The first kappa shape index (κ1) is 18.1. The number of aliphatic carboxylic acids is 1. The third-order valence-electron chi connectivity index (χ3n) is 4.46. The molecule has 2 atom stereocenters. The van der Waals surface area contributed by atoms with E-state index >= 15 is 0 Å². The summed E-state index contributed by atoms with van der Waals surface area (Å²) in [7, 11) is 0. The molecule has 26 heavy (non-hydrogen) atoms. The van der Waals surface area contributed by atoms with E-state index in [1.54, 1.807) is 24.0 Å². The number of rotatable bonds is 4. The van der Waals surface area contributed by atoms with Crippen molar-refractivity contribution >= 4 is 11.9 Å². The van der Waals surface area contributed by atoms with Gasteiger partial charge >= 0.3 is 5.97 Å². The number of nitrogens with zero attached hydrogens (tertiary/aromatic N) is 3. The highest BCUT2D eigenvalue weighted by molar-refractivity contribution is 5.94. The van der Waals surface area contributed by atoms with Gasteiger partial charge in [0.25, 0.3) is 5.91 Å². The lowest BCUT2D eigenvalue weighted by Gasteiger charge is -2.35. The summed E-state index contributed by atoms with van der Waals surface area (Å²) < 4.78 is 7.28. The second-order valence-corrected chi connectivity index (χ2v) is 6.77. The van der Waals surface area contributed by atoms with Crippen molar-refractivity contribution in [2.75, 3.05) is 13.1 Å². The molecule has 7 nitrogen and oxygen atoms in total. The molecule has 0 aliphatic carbocycles. The summed E-state index contributed by atoms with van der Waals surface area (Å²) in [5.74, 6) is -1.22. The Morgan fingerprint density at radius 2 is 1.92 bits per heavy atom. The number of carboxylic acid groups (broad SMARTS) is 1. The van der Waals surface area contributed by atoms with Crippen LogP contribution in [0.15, 0.2) is 30.3 Å². The van der Waals surface area contributed by atoms with Crippen LogP contribution in [0.25, 0.3) is 0 Å². The highest BCUT2D eigenvalue weighted by Gasteiger charge is 2.32. The lowest BCUT2D eigenvalue weighted by atomic mass is 10.1. The highest BCUT2D eigenvalue weighted by Crippen LogP contribution is 2.16. The molecule has 1 aliphatic heterocycles. The van der Waals surface area contributed by atoms with Crippen molar-refractivity contribution in [2.24, 2.45) is 0 Å². The van der Waals surface area contributed by atoms with Crippen LogP contribution in [0, 0.1) is 13.8 Å². The zero-order valence-electron chi connectivity index (χ0n) is 15.2. The van der Waals surface area contributed by atoms with Crippen LogP contribution in [-0.2, 0) is 16.1 Å². The Kier molecular flexibility index (Phi) is 5.08. The molecular formula is C19H23N3O4. The number of carboxylic acids is 1. The molecule has 1 N–H and O–H groups in total. The van der Waals surface area contributed by atoms with E-state index < -0.39 is 12.1 Å².